The van der Waals surface area contributed by atoms with Gasteiger partial charge in [-0.25, -0.2) is 0 Å². The lowest BCUT2D eigenvalue weighted by atomic mass is 10.2. The second-order valence-electron chi connectivity index (χ2n) is 7.08. The van der Waals surface area contributed by atoms with Crippen LogP contribution in [0.4, 0.5) is 0 Å². The van der Waals surface area contributed by atoms with E-state index in [1.807, 2.05) is 19.1 Å². The minimum Gasteiger partial charge on any atom is -0.424 e. The first-order chi connectivity index (χ1) is 16.4. The number of carbonyl (C=O) groups is 2. The SMILES string of the molecule is Cc1ccc(Oc2nc(Oc3ccc(C(N)=O)cc3)nc(Oc3ccc(C(N)=O)cc3)n2)cc1. The number of benzene rings is 3. The molecule has 4 N–H and O–H groups in total. The van der Waals surface area contributed by atoms with Gasteiger partial charge in [0.2, 0.25) is 11.8 Å². The zero-order chi connectivity index (χ0) is 24.1. The Kier molecular flexibility index (Phi) is 6.31. The van der Waals surface area contributed by atoms with Crippen molar-refractivity contribution in [3.8, 4) is 35.3 Å². The topological polar surface area (TPSA) is 153 Å². The van der Waals surface area contributed by atoms with E-state index in [1.54, 1.807) is 36.4 Å². The van der Waals surface area contributed by atoms with Crippen LogP contribution in [0.2, 0.25) is 0 Å². The molecule has 0 aliphatic rings. The number of amides is 2. The van der Waals surface area contributed by atoms with Crippen molar-refractivity contribution >= 4 is 11.8 Å². The fraction of sp³-hybridized carbons (Fsp3) is 0.0417. The van der Waals surface area contributed by atoms with E-state index in [0.29, 0.717) is 28.4 Å². The second-order valence-corrected chi connectivity index (χ2v) is 7.08. The molecule has 10 heteroatoms. The van der Waals surface area contributed by atoms with Gasteiger partial charge in [-0.05, 0) is 67.6 Å². The van der Waals surface area contributed by atoms with E-state index in [9.17, 15) is 9.59 Å². The lowest BCUT2D eigenvalue weighted by Crippen LogP contribution is -2.10. The van der Waals surface area contributed by atoms with Crippen molar-refractivity contribution in [3.05, 3.63) is 89.5 Å². The summed E-state index contributed by atoms with van der Waals surface area (Å²) in [6.45, 7) is 1.96. The number of rotatable bonds is 8. The van der Waals surface area contributed by atoms with Gasteiger partial charge in [0.05, 0.1) is 0 Å². The van der Waals surface area contributed by atoms with E-state index >= 15 is 0 Å². The Bertz CT molecular complexity index is 1250. The maximum Gasteiger partial charge on any atom is 0.331 e. The van der Waals surface area contributed by atoms with Crippen LogP contribution >= 0.6 is 0 Å². The molecule has 0 saturated heterocycles. The van der Waals surface area contributed by atoms with Gasteiger partial charge in [-0.1, -0.05) is 17.7 Å². The van der Waals surface area contributed by atoms with Crippen LogP contribution in [0.5, 0.6) is 35.3 Å². The fourth-order valence-electron chi connectivity index (χ4n) is 2.75. The number of aromatic nitrogens is 3. The molecule has 170 valence electrons. The van der Waals surface area contributed by atoms with E-state index < -0.39 is 11.8 Å². The van der Waals surface area contributed by atoms with E-state index in [0.717, 1.165) is 5.56 Å². The van der Waals surface area contributed by atoms with Crippen molar-refractivity contribution in [2.45, 2.75) is 6.92 Å². The average molecular weight is 457 g/mol. The molecule has 0 unspecified atom stereocenters. The van der Waals surface area contributed by atoms with Crippen LogP contribution in [0.1, 0.15) is 26.3 Å². The largest absolute Gasteiger partial charge is 0.424 e. The second kappa shape index (κ2) is 9.65. The molecule has 0 atom stereocenters. The van der Waals surface area contributed by atoms with E-state index in [-0.39, 0.29) is 18.0 Å². The Labute approximate surface area is 194 Å². The molecule has 0 bridgehead atoms. The molecule has 10 nitrogen and oxygen atoms in total. The minimum atomic E-state index is -0.557. The molecule has 1 aromatic heterocycles. The predicted molar refractivity (Wildman–Crippen MR) is 121 cm³/mol. The van der Waals surface area contributed by atoms with E-state index in [4.69, 9.17) is 25.7 Å². The van der Waals surface area contributed by atoms with Crippen LogP contribution in [0, 0.1) is 6.92 Å². The van der Waals surface area contributed by atoms with Gasteiger partial charge in [-0.2, -0.15) is 0 Å². The molecule has 34 heavy (non-hydrogen) atoms. The Hall–Kier alpha value is -4.99. The zero-order valence-electron chi connectivity index (χ0n) is 18.0. The molecular weight excluding hydrogens is 438 g/mol. The molecule has 0 fully saturated rings. The van der Waals surface area contributed by atoms with Crippen molar-refractivity contribution in [2.75, 3.05) is 0 Å². The standard InChI is InChI=1S/C24H19N5O5/c1-14-2-8-17(9-3-14)32-22-27-23(33-18-10-4-15(5-11-18)20(25)30)29-24(28-22)34-19-12-6-16(7-13-19)21(26)31/h2-13H,1H3,(H2,25,30)(H2,26,31). The summed E-state index contributed by atoms with van der Waals surface area (Å²) >= 11 is 0. The third-order valence-corrected chi connectivity index (χ3v) is 4.50. The number of nitrogens with two attached hydrogens (primary N) is 2. The smallest absolute Gasteiger partial charge is 0.331 e. The predicted octanol–water partition coefficient (Wildman–Crippen LogP) is 3.75. The van der Waals surface area contributed by atoms with Crippen molar-refractivity contribution < 1.29 is 23.8 Å². The number of hydrogen-bond donors (Lipinski definition) is 2. The third-order valence-electron chi connectivity index (χ3n) is 4.50. The molecule has 0 aliphatic heterocycles. The molecule has 0 spiro atoms. The first-order valence-electron chi connectivity index (χ1n) is 10.0. The van der Waals surface area contributed by atoms with Gasteiger partial charge >= 0.3 is 18.0 Å². The van der Waals surface area contributed by atoms with Gasteiger partial charge in [0.15, 0.2) is 0 Å². The summed E-state index contributed by atoms with van der Waals surface area (Å²) < 4.78 is 17.2. The quantitative estimate of drug-likeness (QED) is 0.406. The summed E-state index contributed by atoms with van der Waals surface area (Å²) in [6.07, 6.45) is 0. The van der Waals surface area contributed by atoms with Gasteiger partial charge in [-0.15, -0.1) is 15.0 Å². The van der Waals surface area contributed by atoms with Gasteiger partial charge < -0.3 is 25.7 Å². The van der Waals surface area contributed by atoms with E-state index in [2.05, 4.69) is 15.0 Å². The Morgan fingerprint density at radius 1 is 0.559 bits per heavy atom. The third kappa shape index (κ3) is 5.62. The minimum absolute atomic E-state index is 0.0636. The van der Waals surface area contributed by atoms with Crippen molar-refractivity contribution in [2.24, 2.45) is 11.5 Å². The first-order valence-corrected chi connectivity index (χ1v) is 10.0. The number of hydrogen-bond acceptors (Lipinski definition) is 8. The number of primary amides is 2. The number of aryl methyl sites for hydroxylation is 1. The Morgan fingerprint density at radius 3 is 1.15 bits per heavy atom. The monoisotopic (exact) mass is 457 g/mol. The summed E-state index contributed by atoms with van der Waals surface area (Å²) in [5, 5.41) is 0. The van der Waals surface area contributed by atoms with Gasteiger partial charge in [-0.3, -0.25) is 9.59 Å². The highest BCUT2D eigenvalue weighted by molar-refractivity contribution is 5.93. The summed E-state index contributed by atoms with van der Waals surface area (Å²) in [5.74, 6) is 0.103. The molecule has 0 saturated carbocycles. The summed E-state index contributed by atoms with van der Waals surface area (Å²) in [4.78, 5) is 35.1. The van der Waals surface area contributed by atoms with Gasteiger partial charge in [0.1, 0.15) is 17.2 Å². The molecule has 4 aromatic rings. The number of ether oxygens (including phenoxy) is 3. The average Bonchev–Trinajstić information content (AvgIpc) is 2.81. The van der Waals surface area contributed by atoms with Crippen molar-refractivity contribution in [1.29, 1.82) is 0 Å². The number of nitrogens with zero attached hydrogens (tertiary/aromatic N) is 3. The fourth-order valence-corrected chi connectivity index (χ4v) is 2.75. The summed E-state index contributed by atoms with van der Waals surface area (Å²) in [6, 6.07) is 19.3. The van der Waals surface area contributed by atoms with Crippen LogP contribution in [0.15, 0.2) is 72.8 Å². The molecule has 4 rings (SSSR count). The molecule has 3 aromatic carbocycles. The van der Waals surface area contributed by atoms with Gasteiger partial charge in [0, 0.05) is 11.1 Å². The highest BCUT2D eigenvalue weighted by atomic mass is 16.5. The molecule has 0 radical (unpaired) electrons. The van der Waals surface area contributed by atoms with Crippen LogP contribution in [-0.2, 0) is 0 Å². The highest BCUT2D eigenvalue weighted by Gasteiger charge is 2.14. The summed E-state index contributed by atoms with van der Waals surface area (Å²) in [7, 11) is 0. The molecule has 2 amide bonds. The normalized spacial score (nSPS) is 10.4. The Morgan fingerprint density at radius 2 is 0.853 bits per heavy atom. The maximum absolute atomic E-state index is 11.3. The molecule has 0 aliphatic carbocycles. The summed E-state index contributed by atoms with van der Waals surface area (Å²) in [5.41, 5.74) is 12.3. The maximum atomic E-state index is 11.3. The van der Waals surface area contributed by atoms with Gasteiger partial charge in [0.25, 0.3) is 0 Å². The number of carbonyl (C=O) groups excluding carboxylic acids is 2. The van der Waals surface area contributed by atoms with Crippen molar-refractivity contribution in [1.82, 2.24) is 15.0 Å². The molecular formula is C24H19N5O5. The van der Waals surface area contributed by atoms with Crippen molar-refractivity contribution in [3.63, 3.8) is 0 Å². The first kappa shape index (κ1) is 22.2. The lowest BCUT2D eigenvalue weighted by molar-refractivity contribution is 0.0992. The highest BCUT2D eigenvalue weighted by Crippen LogP contribution is 2.27. The van der Waals surface area contributed by atoms with Crippen LogP contribution in [-0.4, -0.2) is 26.8 Å². The zero-order valence-corrected chi connectivity index (χ0v) is 18.0. The lowest BCUT2D eigenvalue weighted by Gasteiger charge is -2.10. The van der Waals surface area contributed by atoms with Crippen LogP contribution < -0.4 is 25.7 Å². The van der Waals surface area contributed by atoms with Crippen LogP contribution in [0.25, 0.3) is 0 Å². The van der Waals surface area contributed by atoms with E-state index in [1.165, 1.54) is 24.3 Å². The Balaban J connectivity index is 1.62. The van der Waals surface area contributed by atoms with Crippen LogP contribution in [0.3, 0.4) is 0 Å². The molecule has 1 heterocycles.